The third-order valence-corrected chi connectivity index (χ3v) is 19.3. The number of carbonyl (C=O) groups excluding carboxylic acids is 6. The summed E-state index contributed by atoms with van der Waals surface area (Å²) >= 11 is 0. The predicted octanol–water partition coefficient (Wildman–Crippen LogP) is 23.4. The van der Waals surface area contributed by atoms with Gasteiger partial charge >= 0.3 is 35.8 Å². The van der Waals surface area contributed by atoms with E-state index in [1.54, 1.807) is 67.5 Å². The quantitative estimate of drug-likeness (QED) is 0.0143. The van der Waals surface area contributed by atoms with Gasteiger partial charge < -0.3 is 33.7 Å². The molecule has 1 N–H and O–H groups in total. The Morgan fingerprint density at radius 3 is 0.620 bits per heavy atom. The van der Waals surface area contributed by atoms with E-state index in [-0.39, 0.29) is 73.0 Å². The molecule has 0 aliphatic rings. The number of aliphatic imine (C=N–C) groups is 5. The van der Waals surface area contributed by atoms with E-state index in [4.69, 9.17) is 28.4 Å². The van der Waals surface area contributed by atoms with E-state index < -0.39 is 35.8 Å². The Balaban J connectivity index is 1.96. The van der Waals surface area contributed by atoms with Crippen LogP contribution in [0.1, 0.15) is 350 Å². The Hall–Kier alpha value is -7.21. The summed E-state index contributed by atoms with van der Waals surface area (Å²) in [5, 5.41) is 5.83. The van der Waals surface area contributed by atoms with Crippen molar-refractivity contribution in [2.45, 2.75) is 350 Å². The Morgan fingerprint density at radius 2 is 0.417 bits per heavy atom. The first-order valence-corrected chi connectivity index (χ1v) is 42.9. The van der Waals surface area contributed by atoms with Gasteiger partial charge in [-0.05, 0) is 114 Å². The molecule has 4 aromatic rings. The fourth-order valence-corrected chi connectivity index (χ4v) is 13.0. The molecule has 0 spiro atoms. The summed E-state index contributed by atoms with van der Waals surface area (Å²) in [4.78, 5) is 107. The molecule has 0 amide bonds. The van der Waals surface area contributed by atoms with Crippen molar-refractivity contribution in [1.82, 2.24) is 5.32 Å². The van der Waals surface area contributed by atoms with Crippen LogP contribution in [0.4, 0.5) is 0 Å². The van der Waals surface area contributed by atoms with Gasteiger partial charge in [0.15, 0.2) is 34.5 Å². The normalized spacial score (nSPS) is 11.9. The SMILES string of the molecule is CCCCCCCCCN=CCC(=O)Oc1cc2c3cc(OC(=O)CC=NCCCCCCCCC)c(OC(=O)CC=NCCCCCCCCC)cc3c3cc(OC(=O)CCNCCCCCCCCC)c(OC(=O)CC=NCCCCCCCCC)cc3c2cc1OC(=O)CC=NCCCCCCCCC. The number of nitrogens with one attached hydrogen (secondary N) is 1. The number of carbonyl (C=O) groups is 6. The second kappa shape index (κ2) is 62.5. The highest BCUT2D eigenvalue weighted by Crippen LogP contribution is 2.48. The summed E-state index contributed by atoms with van der Waals surface area (Å²) in [6.07, 6.45) is 54.3. The van der Waals surface area contributed by atoms with Crippen LogP contribution in [0.2, 0.25) is 0 Å². The van der Waals surface area contributed by atoms with E-state index in [0.717, 1.165) is 122 Å². The fourth-order valence-electron chi connectivity index (χ4n) is 13.0. The highest BCUT2D eigenvalue weighted by atomic mass is 16.6. The molecule has 18 nitrogen and oxygen atoms in total. The van der Waals surface area contributed by atoms with Gasteiger partial charge in [-0.2, -0.15) is 0 Å². The molecule has 4 aromatic carbocycles. The zero-order valence-corrected chi connectivity index (χ0v) is 67.9. The van der Waals surface area contributed by atoms with E-state index in [1.807, 2.05) is 0 Å². The second-order valence-electron chi connectivity index (χ2n) is 29.1. The monoisotopic (exact) mass is 1500 g/mol. The molecule has 4 rings (SSSR count). The van der Waals surface area contributed by atoms with Gasteiger partial charge in [0.1, 0.15) is 0 Å². The van der Waals surface area contributed by atoms with Crippen molar-refractivity contribution in [2.75, 3.05) is 45.8 Å². The van der Waals surface area contributed by atoms with Crippen LogP contribution in [0, 0.1) is 0 Å². The first-order valence-electron chi connectivity index (χ1n) is 42.9. The molecule has 0 fully saturated rings. The van der Waals surface area contributed by atoms with Crippen molar-refractivity contribution in [3.8, 4) is 34.5 Å². The second-order valence-corrected chi connectivity index (χ2v) is 29.1. The Kier molecular flexibility index (Phi) is 54.0. The summed E-state index contributed by atoms with van der Waals surface area (Å²) < 4.78 is 37.3. The topological polar surface area (TPSA) is 232 Å². The number of fused-ring (bicyclic) bond motifs is 6. The highest BCUT2D eigenvalue weighted by Gasteiger charge is 2.25. The van der Waals surface area contributed by atoms with Crippen LogP contribution in [-0.2, 0) is 28.8 Å². The van der Waals surface area contributed by atoms with Crippen molar-refractivity contribution in [3.63, 3.8) is 0 Å². The van der Waals surface area contributed by atoms with E-state index in [1.165, 1.54) is 154 Å². The average molecular weight is 1500 g/mol. The molecule has 0 saturated carbocycles. The molecule has 0 heterocycles. The lowest BCUT2D eigenvalue weighted by atomic mass is 9.93. The Bertz CT molecular complexity index is 3240. The van der Waals surface area contributed by atoms with Gasteiger partial charge in [-0.3, -0.25) is 53.7 Å². The number of hydrogen-bond donors (Lipinski definition) is 1. The lowest BCUT2D eigenvalue weighted by Gasteiger charge is -2.19. The maximum Gasteiger partial charge on any atom is 0.316 e. The molecule has 0 saturated heterocycles. The maximum absolute atomic E-state index is 14.2. The van der Waals surface area contributed by atoms with Gasteiger partial charge in [-0.1, -0.05) is 273 Å². The van der Waals surface area contributed by atoms with Crippen molar-refractivity contribution in [1.29, 1.82) is 0 Å². The maximum atomic E-state index is 14.2. The predicted molar refractivity (Wildman–Crippen MR) is 448 cm³/mol. The third-order valence-electron chi connectivity index (χ3n) is 19.3. The van der Waals surface area contributed by atoms with Crippen LogP contribution in [0.5, 0.6) is 34.5 Å². The lowest BCUT2D eigenvalue weighted by molar-refractivity contribution is -0.136. The summed E-state index contributed by atoms with van der Waals surface area (Å²) in [6.45, 7) is 17.1. The van der Waals surface area contributed by atoms with Crippen LogP contribution in [0.25, 0.3) is 32.3 Å². The van der Waals surface area contributed by atoms with Crippen molar-refractivity contribution < 1.29 is 57.2 Å². The number of rotatable bonds is 67. The molecule has 0 unspecified atom stereocenters. The molecule has 108 heavy (non-hydrogen) atoms. The van der Waals surface area contributed by atoms with Crippen LogP contribution in [0.15, 0.2) is 61.4 Å². The molecule has 602 valence electrons. The smallest absolute Gasteiger partial charge is 0.316 e. The summed E-state index contributed by atoms with van der Waals surface area (Å²) in [5.74, 6) is -4.46. The summed E-state index contributed by atoms with van der Waals surface area (Å²) in [7, 11) is 0. The minimum Gasteiger partial charge on any atom is -0.422 e. The average Bonchev–Trinajstić information content (AvgIpc) is 0.725. The molecule has 0 aromatic heterocycles. The van der Waals surface area contributed by atoms with E-state index in [2.05, 4.69) is 71.8 Å². The number of nitrogens with zero attached hydrogens (tertiary/aromatic N) is 5. The van der Waals surface area contributed by atoms with Crippen LogP contribution >= 0.6 is 0 Å². The van der Waals surface area contributed by atoms with Crippen LogP contribution in [-0.4, -0.2) is 113 Å². The molecule has 0 bridgehead atoms. The minimum atomic E-state index is -0.667. The fraction of sp³-hybridized carbons (Fsp3) is 0.678. The zero-order valence-electron chi connectivity index (χ0n) is 67.9. The molecule has 18 heteroatoms. The number of hydrogen-bond acceptors (Lipinski definition) is 18. The molecule has 0 radical (unpaired) electrons. The zero-order chi connectivity index (χ0) is 77.5. The van der Waals surface area contributed by atoms with Gasteiger partial charge in [0.05, 0.1) is 38.5 Å². The van der Waals surface area contributed by atoms with Gasteiger partial charge in [-0.15, -0.1) is 0 Å². The van der Waals surface area contributed by atoms with Crippen molar-refractivity contribution in [3.05, 3.63) is 36.4 Å². The summed E-state index contributed by atoms with van der Waals surface area (Å²) in [6, 6.07) is 9.52. The van der Waals surface area contributed by atoms with Gasteiger partial charge in [0.2, 0.25) is 0 Å². The third kappa shape index (κ3) is 42.7. The highest BCUT2D eigenvalue weighted by molar-refractivity contribution is 6.27. The Labute approximate surface area is 649 Å². The lowest BCUT2D eigenvalue weighted by Crippen LogP contribution is -2.22. The van der Waals surface area contributed by atoms with Crippen molar-refractivity contribution >= 4 is 99.2 Å². The largest absolute Gasteiger partial charge is 0.422 e. The molecule has 0 aliphatic heterocycles. The molecular weight excluding hydrogens is 1360 g/mol. The number of unbranched alkanes of at least 4 members (excludes halogenated alkanes) is 36. The number of ether oxygens (including phenoxy) is 6. The first-order chi connectivity index (χ1) is 53.0. The first kappa shape index (κ1) is 93.2. The van der Waals surface area contributed by atoms with Crippen molar-refractivity contribution in [2.24, 2.45) is 25.0 Å². The van der Waals surface area contributed by atoms with E-state index in [0.29, 0.717) is 71.6 Å². The van der Waals surface area contributed by atoms with Crippen LogP contribution in [0.3, 0.4) is 0 Å². The van der Waals surface area contributed by atoms with Gasteiger partial charge in [0, 0.05) is 70.3 Å². The molecule has 0 atom stereocenters. The minimum absolute atomic E-state index is 0.00221. The summed E-state index contributed by atoms with van der Waals surface area (Å²) in [5.41, 5.74) is 0. The van der Waals surface area contributed by atoms with Gasteiger partial charge in [0.25, 0.3) is 0 Å². The number of esters is 6. The van der Waals surface area contributed by atoms with E-state index in [9.17, 15) is 28.8 Å². The standard InChI is InChI=1S/C90H140N6O12/c1-7-13-19-25-31-37-43-55-91-61-49-85(97)103-79-67-73-74(68-80(79)104-86(98)50-62-92-56-44-38-32-26-20-14-8-2)76-70-82(106-88(100)52-64-94-58-46-40-34-28-22-16-10-4)84(108-90(102)54-66-96-60-48-42-36-30-24-18-12-6)72-78(76)77-71-83(107-89(101)53-65-95-59-47-41-35-29-23-17-11-5)81(69-75(73)77)105-87(99)51-63-93-57-45-39-33-27-21-15-9-3/h61-65,67-72,96H,7-60,66H2,1-6H3. The van der Waals surface area contributed by atoms with E-state index >= 15 is 0 Å². The van der Waals surface area contributed by atoms with Crippen LogP contribution < -0.4 is 33.7 Å². The Morgan fingerprint density at radius 1 is 0.241 bits per heavy atom. The number of benzene rings is 4. The van der Waals surface area contributed by atoms with Gasteiger partial charge in [-0.25, -0.2) is 0 Å². The molecular formula is C90H140N6O12. The molecule has 0 aliphatic carbocycles.